The van der Waals surface area contributed by atoms with Crippen molar-refractivity contribution in [3.63, 3.8) is 0 Å². The maximum absolute atomic E-state index is 12.0. The fraction of sp³-hybridized carbons (Fsp3) is 0.462. The van der Waals surface area contributed by atoms with Crippen molar-refractivity contribution in [1.29, 1.82) is 0 Å². The Morgan fingerprint density at radius 2 is 1.88 bits per heavy atom. The van der Waals surface area contributed by atoms with Crippen LogP contribution in [0.15, 0.2) is 30.3 Å². The fourth-order valence-corrected chi connectivity index (χ4v) is 2.86. The lowest BCUT2D eigenvalue weighted by Crippen LogP contribution is -2.39. The van der Waals surface area contributed by atoms with E-state index in [-0.39, 0.29) is 6.03 Å². The molecule has 2 fully saturated rings. The number of hydrogen-bond donors (Lipinski definition) is 1. The second-order valence-corrected chi connectivity index (χ2v) is 4.61. The second-order valence-electron chi connectivity index (χ2n) is 4.61. The molecule has 1 aromatic rings. The monoisotopic (exact) mass is 216 g/mol. The zero-order valence-electron chi connectivity index (χ0n) is 9.23. The molecule has 1 heterocycles. The number of nitrogens with zero attached hydrogens (tertiary/aromatic N) is 1. The van der Waals surface area contributed by atoms with E-state index in [2.05, 4.69) is 5.32 Å². The minimum Gasteiger partial charge on any atom is -0.333 e. The molecular formula is C13H16N2O. The molecule has 2 aliphatic rings. The number of amides is 2. The van der Waals surface area contributed by atoms with Gasteiger partial charge in [0.15, 0.2) is 0 Å². The Balaban J connectivity index is 1.91. The number of rotatable bonds is 1. The van der Waals surface area contributed by atoms with E-state index in [1.54, 1.807) is 0 Å². The zero-order chi connectivity index (χ0) is 11.0. The quantitative estimate of drug-likeness (QED) is 0.768. The zero-order valence-corrected chi connectivity index (χ0v) is 9.23. The van der Waals surface area contributed by atoms with Crippen LogP contribution in [0.4, 0.5) is 10.5 Å². The Hall–Kier alpha value is -1.51. The number of nitrogens with one attached hydrogen (secondary N) is 1. The van der Waals surface area contributed by atoms with Gasteiger partial charge in [0.1, 0.15) is 0 Å². The van der Waals surface area contributed by atoms with Crippen molar-refractivity contribution in [3.05, 3.63) is 30.3 Å². The van der Waals surface area contributed by atoms with Gasteiger partial charge in [-0.3, -0.25) is 4.90 Å². The van der Waals surface area contributed by atoms with Crippen molar-refractivity contribution < 1.29 is 4.79 Å². The van der Waals surface area contributed by atoms with Gasteiger partial charge in [0.25, 0.3) is 0 Å². The van der Waals surface area contributed by atoms with Crippen LogP contribution in [-0.4, -0.2) is 18.1 Å². The number of carbonyl (C=O) groups is 1. The summed E-state index contributed by atoms with van der Waals surface area (Å²) in [6.45, 7) is 0. The fourth-order valence-electron chi connectivity index (χ4n) is 2.86. The lowest BCUT2D eigenvalue weighted by Gasteiger charge is -2.29. The molecule has 0 spiro atoms. The summed E-state index contributed by atoms with van der Waals surface area (Å²) in [5.74, 6) is 0. The van der Waals surface area contributed by atoms with E-state index in [4.69, 9.17) is 0 Å². The Morgan fingerprint density at radius 3 is 2.69 bits per heavy atom. The van der Waals surface area contributed by atoms with Crippen molar-refractivity contribution in [3.8, 4) is 0 Å². The van der Waals surface area contributed by atoms with E-state index in [0.717, 1.165) is 18.5 Å². The first-order valence-electron chi connectivity index (χ1n) is 6.01. The van der Waals surface area contributed by atoms with Crippen LogP contribution >= 0.6 is 0 Å². The maximum atomic E-state index is 12.0. The summed E-state index contributed by atoms with van der Waals surface area (Å²) in [6, 6.07) is 10.8. The number of fused-ring (bicyclic) bond motifs is 1. The average molecular weight is 216 g/mol. The van der Waals surface area contributed by atoms with E-state index < -0.39 is 0 Å². The topological polar surface area (TPSA) is 32.3 Å². The Labute approximate surface area is 95.4 Å². The maximum Gasteiger partial charge on any atom is 0.322 e. The van der Waals surface area contributed by atoms with Crippen molar-refractivity contribution in [2.45, 2.75) is 37.8 Å². The van der Waals surface area contributed by atoms with Crippen LogP contribution in [-0.2, 0) is 0 Å². The van der Waals surface area contributed by atoms with Crippen LogP contribution in [0.3, 0.4) is 0 Å². The average Bonchev–Trinajstić information content (AvgIpc) is 2.66. The minimum atomic E-state index is 0.0723. The Bertz CT molecular complexity index is 390. The SMILES string of the molecule is O=C1N[C@H]2CCCC[C@H]2N1c1ccccc1. The van der Waals surface area contributed by atoms with Gasteiger partial charge < -0.3 is 5.32 Å². The van der Waals surface area contributed by atoms with Crippen molar-refractivity contribution in [2.24, 2.45) is 0 Å². The van der Waals surface area contributed by atoms with E-state index in [0.29, 0.717) is 12.1 Å². The molecule has 3 heteroatoms. The molecule has 1 N–H and O–H groups in total. The Kier molecular flexibility index (Phi) is 2.31. The highest BCUT2D eigenvalue weighted by molar-refractivity contribution is 5.95. The smallest absolute Gasteiger partial charge is 0.322 e. The summed E-state index contributed by atoms with van der Waals surface area (Å²) in [5.41, 5.74) is 1.02. The van der Waals surface area contributed by atoms with Crippen molar-refractivity contribution in [2.75, 3.05) is 4.90 Å². The predicted octanol–water partition coefficient (Wildman–Crippen LogP) is 2.53. The molecule has 16 heavy (non-hydrogen) atoms. The van der Waals surface area contributed by atoms with E-state index in [1.807, 2.05) is 35.2 Å². The molecule has 1 saturated carbocycles. The Morgan fingerprint density at radius 1 is 1.12 bits per heavy atom. The first-order chi connectivity index (χ1) is 7.86. The number of carbonyl (C=O) groups excluding carboxylic acids is 1. The van der Waals surface area contributed by atoms with Crippen LogP contribution in [0.25, 0.3) is 0 Å². The number of benzene rings is 1. The van der Waals surface area contributed by atoms with Gasteiger partial charge in [0.2, 0.25) is 0 Å². The number of hydrogen-bond acceptors (Lipinski definition) is 1. The van der Waals surface area contributed by atoms with E-state index in [1.165, 1.54) is 12.8 Å². The van der Waals surface area contributed by atoms with Gasteiger partial charge in [0.05, 0.1) is 12.1 Å². The third-order valence-electron chi connectivity index (χ3n) is 3.62. The summed E-state index contributed by atoms with van der Waals surface area (Å²) in [5, 5.41) is 3.09. The van der Waals surface area contributed by atoms with Gasteiger partial charge in [-0.15, -0.1) is 0 Å². The normalized spacial score (nSPS) is 28.8. The van der Waals surface area contributed by atoms with E-state index >= 15 is 0 Å². The van der Waals surface area contributed by atoms with Crippen molar-refractivity contribution >= 4 is 11.7 Å². The molecule has 84 valence electrons. The molecule has 0 bridgehead atoms. The summed E-state index contributed by atoms with van der Waals surface area (Å²) in [7, 11) is 0. The first-order valence-corrected chi connectivity index (χ1v) is 6.01. The highest BCUT2D eigenvalue weighted by Gasteiger charge is 2.40. The minimum absolute atomic E-state index is 0.0723. The van der Waals surface area contributed by atoms with Crippen LogP contribution < -0.4 is 10.2 Å². The molecule has 0 unspecified atom stereocenters. The molecule has 2 amide bonds. The molecule has 3 rings (SSSR count). The van der Waals surface area contributed by atoms with Gasteiger partial charge in [-0.2, -0.15) is 0 Å². The molecule has 3 nitrogen and oxygen atoms in total. The number of para-hydroxylation sites is 1. The van der Waals surface area contributed by atoms with Gasteiger partial charge in [-0.1, -0.05) is 31.0 Å². The summed E-state index contributed by atoms with van der Waals surface area (Å²) in [4.78, 5) is 13.9. The number of urea groups is 1. The van der Waals surface area contributed by atoms with Gasteiger partial charge in [-0.05, 0) is 25.0 Å². The summed E-state index contributed by atoms with van der Waals surface area (Å²) >= 11 is 0. The van der Waals surface area contributed by atoms with Crippen LogP contribution in [0.2, 0.25) is 0 Å². The highest BCUT2D eigenvalue weighted by atomic mass is 16.2. The molecule has 1 aliphatic carbocycles. The van der Waals surface area contributed by atoms with Crippen LogP contribution in [0.1, 0.15) is 25.7 Å². The molecule has 1 saturated heterocycles. The molecule has 1 aliphatic heterocycles. The second kappa shape index (κ2) is 3.81. The van der Waals surface area contributed by atoms with Gasteiger partial charge in [0, 0.05) is 5.69 Å². The molecule has 1 aromatic carbocycles. The summed E-state index contributed by atoms with van der Waals surface area (Å²) < 4.78 is 0. The predicted molar refractivity (Wildman–Crippen MR) is 63.5 cm³/mol. The number of anilines is 1. The third-order valence-corrected chi connectivity index (χ3v) is 3.62. The lowest BCUT2D eigenvalue weighted by atomic mass is 9.91. The van der Waals surface area contributed by atoms with Crippen LogP contribution in [0, 0.1) is 0 Å². The van der Waals surface area contributed by atoms with Crippen LogP contribution in [0.5, 0.6) is 0 Å². The largest absolute Gasteiger partial charge is 0.333 e. The summed E-state index contributed by atoms with van der Waals surface area (Å²) in [6.07, 6.45) is 4.72. The lowest BCUT2D eigenvalue weighted by molar-refractivity contribution is 0.250. The standard InChI is InChI=1S/C13H16N2O/c16-13-14-11-8-4-5-9-12(11)15(13)10-6-2-1-3-7-10/h1-3,6-7,11-12H,4-5,8-9H2,(H,14,16)/t11-,12+/m0/s1. The van der Waals surface area contributed by atoms with Gasteiger partial charge in [-0.25, -0.2) is 4.79 Å². The molecule has 0 radical (unpaired) electrons. The first kappa shape index (κ1) is 9.70. The molecular weight excluding hydrogens is 200 g/mol. The highest BCUT2D eigenvalue weighted by Crippen LogP contribution is 2.31. The molecule has 2 atom stereocenters. The van der Waals surface area contributed by atoms with E-state index in [9.17, 15) is 4.79 Å². The molecule has 0 aromatic heterocycles. The van der Waals surface area contributed by atoms with Crippen molar-refractivity contribution in [1.82, 2.24) is 5.32 Å². The van der Waals surface area contributed by atoms with Gasteiger partial charge >= 0.3 is 6.03 Å². The third kappa shape index (κ3) is 1.47.